The zero-order valence-corrected chi connectivity index (χ0v) is 15.8. The number of hydrogen-bond donors (Lipinski definition) is 2. The number of benzene rings is 1. The second kappa shape index (κ2) is 9.34. The lowest BCUT2D eigenvalue weighted by Gasteiger charge is -2.35. The van der Waals surface area contributed by atoms with Crippen LogP contribution in [0.1, 0.15) is 10.4 Å². The van der Waals surface area contributed by atoms with E-state index < -0.39 is 11.7 Å². The van der Waals surface area contributed by atoms with Gasteiger partial charge in [-0.3, -0.25) is 10.0 Å². The Kier molecular flexibility index (Phi) is 6.62. The smallest absolute Gasteiger partial charge is 0.410 e. The molecule has 1 fully saturated rings. The topological polar surface area (TPSA) is 82.1 Å². The molecule has 0 unspecified atom stereocenters. The predicted molar refractivity (Wildman–Crippen MR) is 104 cm³/mol. The Morgan fingerprint density at radius 2 is 2.04 bits per heavy atom. The lowest BCUT2D eigenvalue weighted by Crippen LogP contribution is -2.49. The number of hydroxylamine groups is 1. The van der Waals surface area contributed by atoms with Gasteiger partial charge in [0.15, 0.2) is 0 Å². The molecule has 0 atom stereocenters. The van der Waals surface area contributed by atoms with Crippen molar-refractivity contribution in [2.24, 2.45) is 0 Å². The Balaban J connectivity index is 1.53. The Morgan fingerprint density at radius 1 is 1.25 bits per heavy atom. The molecule has 3 rings (SSSR count). The minimum absolute atomic E-state index is 0.259. The molecular formula is C19H20FN3O4S. The highest BCUT2D eigenvalue weighted by molar-refractivity contribution is 7.09. The van der Waals surface area contributed by atoms with Gasteiger partial charge in [0.2, 0.25) is 0 Å². The van der Waals surface area contributed by atoms with E-state index in [0.717, 1.165) is 11.0 Å². The van der Waals surface area contributed by atoms with E-state index in [2.05, 4.69) is 0 Å². The summed E-state index contributed by atoms with van der Waals surface area (Å²) in [6.45, 7) is 2.14. The summed E-state index contributed by atoms with van der Waals surface area (Å²) < 4.78 is 19.8. The maximum absolute atomic E-state index is 14.4. The number of nitrogens with zero attached hydrogens (tertiary/aromatic N) is 2. The zero-order valence-electron chi connectivity index (χ0n) is 15.0. The second-order valence-electron chi connectivity index (χ2n) is 6.13. The van der Waals surface area contributed by atoms with E-state index in [-0.39, 0.29) is 12.7 Å². The van der Waals surface area contributed by atoms with Crippen LogP contribution in [0.5, 0.6) is 0 Å². The average molecular weight is 405 g/mol. The van der Waals surface area contributed by atoms with Crippen molar-refractivity contribution in [3.05, 3.63) is 58.0 Å². The summed E-state index contributed by atoms with van der Waals surface area (Å²) in [5.74, 6) is -1.10. The number of hydrogen-bond acceptors (Lipinski definition) is 6. The summed E-state index contributed by atoms with van der Waals surface area (Å²) >= 11 is 1.53. The molecule has 148 valence electrons. The number of carbonyl (C=O) groups excluding carboxylic acids is 2. The van der Waals surface area contributed by atoms with Crippen LogP contribution in [-0.2, 0) is 16.1 Å². The van der Waals surface area contributed by atoms with Crippen molar-refractivity contribution in [2.45, 2.75) is 6.61 Å². The summed E-state index contributed by atoms with van der Waals surface area (Å²) in [5, 5.41) is 10.4. The summed E-state index contributed by atoms with van der Waals surface area (Å²) in [7, 11) is 0. The number of nitrogens with one attached hydrogen (secondary N) is 1. The molecule has 1 aromatic carbocycles. The van der Waals surface area contributed by atoms with Crippen molar-refractivity contribution in [3.8, 4) is 0 Å². The van der Waals surface area contributed by atoms with Gasteiger partial charge >= 0.3 is 6.09 Å². The molecule has 7 nitrogen and oxygen atoms in total. The number of halogens is 1. The molecule has 0 radical (unpaired) electrons. The number of anilines is 1. The molecule has 2 N–H and O–H groups in total. The fourth-order valence-electron chi connectivity index (χ4n) is 2.84. The van der Waals surface area contributed by atoms with Gasteiger partial charge < -0.3 is 14.5 Å². The first-order valence-electron chi connectivity index (χ1n) is 8.67. The Bertz CT molecular complexity index is 849. The van der Waals surface area contributed by atoms with Crippen molar-refractivity contribution in [1.82, 2.24) is 10.4 Å². The first kappa shape index (κ1) is 19.8. The molecule has 9 heteroatoms. The normalized spacial score (nSPS) is 14.4. The minimum atomic E-state index is -0.688. The van der Waals surface area contributed by atoms with Gasteiger partial charge in [0.25, 0.3) is 5.91 Å². The Labute approximate surface area is 165 Å². The number of amides is 2. The molecule has 0 spiro atoms. The lowest BCUT2D eigenvalue weighted by atomic mass is 10.1. The van der Waals surface area contributed by atoms with Gasteiger partial charge in [-0.25, -0.2) is 14.7 Å². The maximum Gasteiger partial charge on any atom is 0.410 e. The predicted octanol–water partition coefficient (Wildman–Crippen LogP) is 2.86. The van der Waals surface area contributed by atoms with Crippen LogP contribution in [0, 0.1) is 5.82 Å². The van der Waals surface area contributed by atoms with Gasteiger partial charge in [0.1, 0.15) is 12.4 Å². The molecule has 1 aromatic heterocycles. The summed E-state index contributed by atoms with van der Waals surface area (Å²) in [4.78, 5) is 27.6. The highest BCUT2D eigenvalue weighted by atomic mass is 32.1. The van der Waals surface area contributed by atoms with Crippen molar-refractivity contribution in [1.29, 1.82) is 0 Å². The average Bonchev–Trinajstić information content (AvgIpc) is 3.24. The summed E-state index contributed by atoms with van der Waals surface area (Å²) in [6, 6.07) is 8.45. The molecule has 2 amide bonds. The molecule has 1 saturated heterocycles. The Morgan fingerprint density at radius 3 is 2.68 bits per heavy atom. The first-order chi connectivity index (χ1) is 13.6. The van der Waals surface area contributed by atoms with E-state index >= 15 is 0 Å². The molecular weight excluding hydrogens is 385 g/mol. The number of ether oxygens (including phenoxy) is 1. The van der Waals surface area contributed by atoms with E-state index in [1.54, 1.807) is 17.0 Å². The maximum atomic E-state index is 14.4. The van der Waals surface area contributed by atoms with Crippen molar-refractivity contribution < 1.29 is 23.9 Å². The fourth-order valence-corrected chi connectivity index (χ4v) is 3.46. The molecule has 28 heavy (non-hydrogen) atoms. The number of piperazine rings is 1. The van der Waals surface area contributed by atoms with Crippen LogP contribution < -0.4 is 10.4 Å². The second-order valence-corrected chi connectivity index (χ2v) is 7.16. The van der Waals surface area contributed by atoms with Crippen LogP contribution in [-0.4, -0.2) is 48.3 Å². The van der Waals surface area contributed by atoms with Crippen LogP contribution in [0.3, 0.4) is 0 Å². The summed E-state index contributed by atoms with van der Waals surface area (Å²) in [5.41, 5.74) is 2.41. The van der Waals surface area contributed by atoms with Crippen LogP contribution in [0.25, 0.3) is 6.08 Å². The third kappa shape index (κ3) is 5.08. The van der Waals surface area contributed by atoms with Gasteiger partial charge in [0.05, 0.1) is 5.69 Å². The minimum Gasteiger partial charge on any atom is -0.444 e. The van der Waals surface area contributed by atoms with E-state index in [1.165, 1.54) is 29.0 Å². The fraction of sp³-hybridized carbons (Fsp3) is 0.263. The van der Waals surface area contributed by atoms with Gasteiger partial charge in [-0.05, 0) is 35.2 Å². The van der Waals surface area contributed by atoms with Crippen molar-refractivity contribution in [2.75, 3.05) is 31.1 Å². The molecule has 2 heterocycles. The molecule has 2 aromatic rings. The largest absolute Gasteiger partial charge is 0.444 e. The molecule has 0 saturated carbocycles. The van der Waals surface area contributed by atoms with Gasteiger partial charge in [-0.15, -0.1) is 11.3 Å². The number of thiophene rings is 1. The Hall–Kier alpha value is -2.91. The molecule has 1 aliphatic heterocycles. The summed E-state index contributed by atoms with van der Waals surface area (Å²) in [6.07, 6.45) is 2.14. The van der Waals surface area contributed by atoms with Crippen LogP contribution >= 0.6 is 11.3 Å². The van der Waals surface area contributed by atoms with Crippen LogP contribution in [0.15, 0.2) is 41.8 Å². The quantitative estimate of drug-likeness (QED) is 0.454. The van der Waals surface area contributed by atoms with Crippen LogP contribution in [0.2, 0.25) is 0 Å². The zero-order chi connectivity index (χ0) is 19.9. The van der Waals surface area contributed by atoms with E-state index in [9.17, 15) is 14.0 Å². The van der Waals surface area contributed by atoms with Gasteiger partial charge in [-0.2, -0.15) is 0 Å². The van der Waals surface area contributed by atoms with Gasteiger partial charge in [0, 0.05) is 37.1 Å². The van der Waals surface area contributed by atoms with E-state index in [0.29, 0.717) is 37.4 Å². The van der Waals surface area contributed by atoms with E-state index in [4.69, 9.17) is 9.94 Å². The molecule has 0 aliphatic carbocycles. The highest BCUT2D eigenvalue weighted by Gasteiger charge is 2.23. The molecule has 0 bridgehead atoms. The van der Waals surface area contributed by atoms with E-state index in [1.807, 2.05) is 22.4 Å². The molecule has 1 aliphatic rings. The van der Waals surface area contributed by atoms with Crippen molar-refractivity contribution in [3.63, 3.8) is 0 Å². The van der Waals surface area contributed by atoms with Gasteiger partial charge in [-0.1, -0.05) is 12.1 Å². The van der Waals surface area contributed by atoms with Crippen molar-refractivity contribution >= 4 is 35.1 Å². The standard InChI is InChI=1S/C19H20FN3O4S/c20-16-12-14(4-6-18(24)21-26)3-5-17(16)22-7-9-23(10-8-22)19(25)27-13-15-2-1-11-28-15/h1-6,11-12,26H,7-10,13H2,(H,21,24)/b6-4+. The number of carbonyl (C=O) groups is 2. The van der Waals surface area contributed by atoms with Crippen LogP contribution in [0.4, 0.5) is 14.9 Å². The third-order valence-electron chi connectivity index (χ3n) is 4.31. The SMILES string of the molecule is O=C(/C=C/c1ccc(N2CCN(C(=O)OCc3cccs3)CC2)c(F)c1)NO. The number of rotatable bonds is 5. The third-order valence-corrected chi connectivity index (χ3v) is 5.16. The lowest BCUT2D eigenvalue weighted by molar-refractivity contribution is -0.124. The first-order valence-corrected chi connectivity index (χ1v) is 9.55. The monoisotopic (exact) mass is 405 g/mol. The highest BCUT2D eigenvalue weighted by Crippen LogP contribution is 2.23.